The van der Waals surface area contributed by atoms with Crippen molar-refractivity contribution < 1.29 is 19.1 Å². The molecule has 2 aliphatic rings. The van der Waals surface area contributed by atoms with Crippen LogP contribution >= 0.6 is 0 Å². The lowest BCUT2D eigenvalue weighted by atomic mass is 9.96. The van der Waals surface area contributed by atoms with Gasteiger partial charge in [0.05, 0.1) is 24.4 Å². The zero-order valence-corrected chi connectivity index (χ0v) is 12.9. The van der Waals surface area contributed by atoms with Gasteiger partial charge < -0.3 is 24.4 Å². The van der Waals surface area contributed by atoms with E-state index in [2.05, 4.69) is 20.6 Å². The highest BCUT2D eigenvalue weighted by Gasteiger charge is 2.51. The molecule has 2 aromatic heterocycles. The van der Waals surface area contributed by atoms with Crippen LogP contribution in [0.3, 0.4) is 0 Å². The first-order valence-corrected chi connectivity index (χ1v) is 7.59. The number of aliphatic hydroxyl groups is 1. The van der Waals surface area contributed by atoms with Gasteiger partial charge in [-0.05, 0) is 13.8 Å². The number of nitrogens with zero attached hydrogens (tertiary/aromatic N) is 4. The topological polar surface area (TPSA) is 107 Å². The summed E-state index contributed by atoms with van der Waals surface area (Å²) in [6, 6.07) is -0.713. The van der Waals surface area contributed by atoms with E-state index in [9.17, 15) is 5.11 Å². The van der Waals surface area contributed by atoms with Gasteiger partial charge in [0, 0.05) is 12.1 Å². The molecule has 0 aromatic carbocycles. The summed E-state index contributed by atoms with van der Waals surface area (Å²) < 4.78 is 18.3. The molecule has 0 saturated carbocycles. The molecule has 4 heterocycles. The van der Waals surface area contributed by atoms with Crippen LogP contribution in [0.2, 0.25) is 0 Å². The summed E-state index contributed by atoms with van der Waals surface area (Å²) in [5, 5.41) is 22.2. The highest BCUT2D eigenvalue weighted by molar-refractivity contribution is 5.20. The van der Waals surface area contributed by atoms with Crippen LogP contribution in [-0.4, -0.2) is 56.2 Å². The number of aromatic nitrogens is 4. The fourth-order valence-corrected chi connectivity index (χ4v) is 3.28. The van der Waals surface area contributed by atoms with Crippen molar-refractivity contribution >= 4 is 0 Å². The fourth-order valence-electron chi connectivity index (χ4n) is 3.28. The number of aryl methyl sites for hydroxylation is 2. The minimum absolute atomic E-state index is 0.199. The summed E-state index contributed by atoms with van der Waals surface area (Å²) >= 11 is 0. The fraction of sp³-hybridized carbons (Fsp3) is 0.643. The Morgan fingerprint density at radius 1 is 1.43 bits per heavy atom. The minimum Gasteiger partial charge on any atom is -0.389 e. The molecule has 5 unspecified atom stereocenters. The summed E-state index contributed by atoms with van der Waals surface area (Å²) in [6.07, 6.45) is 1.58. The zero-order chi connectivity index (χ0) is 16.0. The molecule has 124 valence electrons. The van der Waals surface area contributed by atoms with E-state index >= 15 is 0 Å². The van der Waals surface area contributed by atoms with Gasteiger partial charge in [-0.15, -0.1) is 0 Å². The Balaban J connectivity index is 1.53. The quantitative estimate of drug-likeness (QED) is 0.790. The van der Waals surface area contributed by atoms with E-state index in [0.717, 1.165) is 17.0 Å². The average Bonchev–Trinajstić information content (AvgIpc) is 3.25. The number of nitrogens with one attached hydrogen (secondary N) is 1. The predicted molar refractivity (Wildman–Crippen MR) is 76.3 cm³/mol. The van der Waals surface area contributed by atoms with E-state index in [-0.39, 0.29) is 12.1 Å². The normalized spacial score (nSPS) is 33.3. The van der Waals surface area contributed by atoms with E-state index in [1.54, 1.807) is 11.0 Å². The van der Waals surface area contributed by atoms with Crippen LogP contribution in [0.5, 0.6) is 0 Å². The molecule has 2 N–H and O–H groups in total. The molecule has 0 radical (unpaired) electrons. The summed E-state index contributed by atoms with van der Waals surface area (Å²) in [5.74, 6) is 0.773. The van der Waals surface area contributed by atoms with Crippen molar-refractivity contribution in [1.29, 1.82) is 0 Å². The average molecular weight is 321 g/mol. The number of hydrogen-bond donors (Lipinski definition) is 2. The first-order chi connectivity index (χ1) is 11.1. The highest BCUT2D eigenvalue weighted by atomic mass is 16.7. The Hall–Kier alpha value is -1.81. The zero-order valence-electron chi connectivity index (χ0n) is 12.9. The number of fused-ring (bicyclic) bond motifs is 2. The van der Waals surface area contributed by atoms with Crippen LogP contribution in [0.1, 0.15) is 23.1 Å². The Kier molecular flexibility index (Phi) is 3.64. The van der Waals surface area contributed by atoms with Crippen molar-refractivity contribution in [2.24, 2.45) is 0 Å². The maximum absolute atomic E-state index is 10.8. The second kappa shape index (κ2) is 5.68. The van der Waals surface area contributed by atoms with Gasteiger partial charge in [0.15, 0.2) is 6.29 Å². The van der Waals surface area contributed by atoms with E-state index < -0.39 is 18.4 Å². The Bertz CT molecular complexity index is 653. The maximum atomic E-state index is 10.8. The van der Waals surface area contributed by atoms with Crippen LogP contribution in [0.4, 0.5) is 0 Å². The highest BCUT2D eigenvalue weighted by Crippen LogP contribution is 2.35. The van der Waals surface area contributed by atoms with Gasteiger partial charge in [0.2, 0.25) is 0 Å². The van der Waals surface area contributed by atoms with Gasteiger partial charge in [0.25, 0.3) is 0 Å². The third-order valence-corrected chi connectivity index (χ3v) is 4.57. The van der Waals surface area contributed by atoms with E-state index in [1.165, 1.54) is 6.33 Å². The third-order valence-electron chi connectivity index (χ3n) is 4.57. The molecular weight excluding hydrogens is 302 g/mol. The van der Waals surface area contributed by atoms with Gasteiger partial charge in [-0.2, -0.15) is 5.10 Å². The van der Waals surface area contributed by atoms with E-state index in [0.29, 0.717) is 13.2 Å². The Morgan fingerprint density at radius 3 is 3.00 bits per heavy atom. The van der Waals surface area contributed by atoms with Crippen LogP contribution in [-0.2, 0) is 16.0 Å². The van der Waals surface area contributed by atoms with E-state index in [4.69, 9.17) is 14.0 Å². The molecule has 2 aliphatic heterocycles. The molecule has 0 spiro atoms. The summed E-state index contributed by atoms with van der Waals surface area (Å²) in [6.45, 7) is 4.75. The van der Waals surface area contributed by atoms with Crippen molar-refractivity contribution in [3.63, 3.8) is 0 Å². The molecule has 2 saturated heterocycles. The van der Waals surface area contributed by atoms with Gasteiger partial charge in [0.1, 0.15) is 30.6 Å². The Labute approximate surface area is 132 Å². The molecule has 0 amide bonds. The number of hydrogen-bond acceptors (Lipinski definition) is 8. The lowest BCUT2D eigenvalue weighted by Gasteiger charge is -2.38. The predicted octanol–water partition coefficient (Wildman–Crippen LogP) is -0.302. The molecule has 5 atom stereocenters. The van der Waals surface area contributed by atoms with E-state index in [1.807, 2.05) is 13.8 Å². The van der Waals surface area contributed by atoms with Crippen molar-refractivity contribution in [2.45, 2.75) is 51.0 Å². The lowest BCUT2D eigenvalue weighted by molar-refractivity contribution is -0.168. The van der Waals surface area contributed by atoms with Crippen LogP contribution < -0.4 is 5.32 Å². The summed E-state index contributed by atoms with van der Waals surface area (Å²) in [4.78, 5) is 3.94. The van der Waals surface area contributed by atoms with Gasteiger partial charge in [-0.1, -0.05) is 5.16 Å². The first-order valence-electron chi connectivity index (χ1n) is 7.59. The van der Waals surface area contributed by atoms with Gasteiger partial charge in [-0.3, -0.25) is 0 Å². The monoisotopic (exact) mass is 321 g/mol. The number of aliphatic hydroxyl groups excluding tert-OH is 1. The molecule has 9 heteroatoms. The van der Waals surface area contributed by atoms with Crippen molar-refractivity contribution in [2.75, 3.05) is 6.61 Å². The minimum atomic E-state index is -0.705. The smallest absolute Gasteiger partial charge is 0.183 e. The lowest BCUT2D eigenvalue weighted by Crippen LogP contribution is -2.57. The third kappa shape index (κ3) is 2.45. The standard InChI is InChI=1S/C14H19N5O4/c1-7-9(8(2)23-18-7)3-16-11-10-4-21-14(22-10)12(13(11)20)19-6-15-5-17-19/h5-6,10-14,16,20H,3-4H2,1-2H3. The maximum Gasteiger partial charge on any atom is 0.183 e. The molecule has 2 fully saturated rings. The van der Waals surface area contributed by atoms with Gasteiger partial charge >= 0.3 is 0 Å². The second-order valence-corrected chi connectivity index (χ2v) is 5.94. The SMILES string of the molecule is Cc1noc(C)c1CNC1C2COC(O2)C(n2cncn2)C1O. The molecular formula is C14H19N5O4. The molecule has 2 bridgehead atoms. The molecule has 23 heavy (non-hydrogen) atoms. The Morgan fingerprint density at radius 2 is 2.30 bits per heavy atom. The summed E-state index contributed by atoms with van der Waals surface area (Å²) in [5.41, 5.74) is 1.84. The first kappa shape index (κ1) is 14.8. The summed E-state index contributed by atoms with van der Waals surface area (Å²) in [7, 11) is 0. The van der Waals surface area contributed by atoms with Crippen LogP contribution in [0, 0.1) is 13.8 Å². The second-order valence-electron chi connectivity index (χ2n) is 5.94. The largest absolute Gasteiger partial charge is 0.389 e. The molecule has 2 aromatic rings. The van der Waals surface area contributed by atoms with Crippen molar-refractivity contribution in [3.8, 4) is 0 Å². The molecule has 0 aliphatic carbocycles. The molecule has 4 rings (SSSR count). The number of ether oxygens (including phenoxy) is 2. The van der Waals surface area contributed by atoms with Crippen molar-refractivity contribution in [3.05, 3.63) is 29.7 Å². The molecule has 9 nitrogen and oxygen atoms in total. The number of rotatable bonds is 4. The van der Waals surface area contributed by atoms with Crippen LogP contribution in [0.15, 0.2) is 17.2 Å². The van der Waals surface area contributed by atoms with Crippen molar-refractivity contribution in [1.82, 2.24) is 25.2 Å². The van der Waals surface area contributed by atoms with Gasteiger partial charge in [-0.25, -0.2) is 9.67 Å². The van der Waals surface area contributed by atoms with Crippen LogP contribution in [0.25, 0.3) is 0 Å².